The third-order valence-electron chi connectivity index (χ3n) is 2.82. The van der Waals surface area contributed by atoms with E-state index in [9.17, 15) is 14.4 Å². The molecular weight excluding hydrogens is 296 g/mol. The van der Waals surface area contributed by atoms with Gasteiger partial charge in [-0.3, -0.25) is 19.1 Å². The molecule has 1 aromatic heterocycles. The molecule has 1 heterocycles. The van der Waals surface area contributed by atoms with Crippen LogP contribution in [0.2, 0.25) is 5.02 Å². The Morgan fingerprint density at radius 1 is 1.33 bits per heavy atom. The summed E-state index contributed by atoms with van der Waals surface area (Å²) in [4.78, 5) is 36.2. The lowest BCUT2D eigenvalue weighted by molar-refractivity contribution is 0.101. The van der Waals surface area contributed by atoms with Crippen LogP contribution in [0.25, 0.3) is 0 Å². The summed E-state index contributed by atoms with van der Waals surface area (Å²) in [6, 6.07) is 6.85. The monoisotopic (exact) mass is 308 g/mol. The molecule has 0 saturated heterocycles. The molecule has 110 valence electrons. The predicted octanol–water partition coefficient (Wildman–Crippen LogP) is 1.47. The molecule has 0 saturated carbocycles. The van der Waals surface area contributed by atoms with Crippen molar-refractivity contribution in [3.05, 3.63) is 61.9 Å². The van der Waals surface area contributed by atoms with Crippen molar-refractivity contribution in [3.8, 4) is 5.75 Å². The van der Waals surface area contributed by atoms with Gasteiger partial charge in [-0.25, -0.2) is 4.79 Å². The van der Waals surface area contributed by atoms with Crippen molar-refractivity contribution >= 4 is 17.4 Å². The van der Waals surface area contributed by atoms with E-state index in [2.05, 4.69) is 4.98 Å². The van der Waals surface area contributed by atoms with E-state index in [4.69, 9.17) is 16.3 Å². The van der Waals surface area contributed by atoms with Crippen LogP contribution >= 0.6 is 11.6 Å². The van der Waals surface area contributed by atoms with E-state index in [1.807, 2.05) is 0 Å². The molecule has 0 unspecified atom stereocenters. The zero-order valence-electron chi connectivity index (χ0n) is 11.3. The average molecular weight is 309 g/mol. The van der Waals surface area contributed by atoms with Gasteiger partial charge in [-0.05, 0) is 19.1 Å². The summed E-state index contributed by atoms with van der Waals surface area (Å²) < 4.78 is 6.75. The Morgan fingerprint density at radius 2 is 2.05 bits per heavy atom. The van der Waals surface area contributed by atoms with Crippen LogP contribution in [0.4, 0.5) is 0 Å². The van der Waals surface area contributed by atoms with Crippen LogP contribution in [0.15, 0.2) is 40.1 Å². The number of nitrogens with zero attached hydrogens (tertiary/aromatic N) is 1. The lowest BCUT2D eigenvalue weighted by atomic mass is 10.1. The lowest BCUT2D eigenvalue weighted by Gasteiger charge is -2.10. The second-order valence-electron chi connectivity index (χ2n) is 4.33. The zero-order chi connectivity index (χ0) is 15.4. The minimum Gasteiger partial charge on any atom is -0.491 e. The molecule has 21 heavy (non-hydrogen) atoms. The molecule has 6 nitrogen and oxygen atoms in total. The number of hydrogen-bond acceptors (Lipinski definition) is 4. The number of halogens is 1. The fraction of sp³-hybridized carbons (Fsp3) is 0.214. The van der Waals surface area contributed by atoms with Crippen molar-refractivity contribution in [2.24, 2.45) is 0 Å². The Hall–Kier alpha value is -2.34. The highest BCUT2D eigenvalue weighted by atomic mass is 35.5. The number of ketones is 1. The third kappa shape index (κ3) is 3.61. The van der Waals surface area contributed by atoms with E-state index in [1.165, 1.54) is 17.7 Å². The third-order valence-corrected chi connectivity index (χ3v) is 3.09. The van der Waals surface area contributed by atoms with Crippen LogP contribution in [0, 0.1) is 0 Å². The van der Waals surface area contributed by atoms with Gasteiger partial charge >= 0.3 is 5.69 Å². The van der Waals surface area contributed by atoms with E-state index < -0.39 is 11.2 Å². The summed E-state index contributed by atoms with van der Waals surface area (Å²) in [6.07, 6.45) is 1.25. The molecule has 2 rings (SSSR count). The summed E-state index contributed by atoms with van der Waals surface area (Å²) in [6.45, 7) is 1.81. The van der Waals surface area contributed by atoms with Crippen molar-refractivity contribution in [1.29, 1.82) is 0 Å². The van der Waals surface area contributed by atoms with Gasteiger partial charge in [0, 0.05) is 6.20 Å². The van der Waals surface area contributed by atoms with E-state index in [-0.39, 0.29) is 24.0 Å². The normalized spacial score (nSPS) is 10.4. The van der Waals surface area contributed by atoms with Crippen molar-refractivity contribution in [3.63, 3.8) is 0 Å². The first kappa shape index (κ1) is 15.1. The van der Waals surface area contributed by atoms with Crippen molar-refractivity contribution < 1.29 is 9.53 Å². The number of aromatic nitrogens is 2. The van der Waals surface area contributed by atoms with Crippen LogP contribution in [0.3, 0.4) is 0 Å². The van der Waals surface area contributed by atoms with Crippen LogP contribution < -0.4 is 16.0 Å². The van der Waals surface area contributed by atoms with Crippen molar-refractivity contribution in [1.82, 2.24) is 9.55 Å². The maximum Gasteiger partial charge on any atom is 0.328 e. The van der Waals surface area contributed by atoms with Gasteiger partial charge in [0.15, 0.2) is 5.78 Å². The maximum absolute atomic E-state index is 11.5. The van der Waals surface area contributed by atoms with Crippen LogP contribution in [-0.4, -0.2) is 21.9 Å². The van der Waals surface area contributed by atoms with Gasteiger partial charge in [0.25, 0.3) is 5.56 Å². The number of ether oxygens (including phenoxy) is 1. The van der Waals surface area contributed by atoms with E-state index in [0.717, 1.165) is 0 Å². The molecule has 0 bridgehead atoms. The number of hydrogen-bond donors (Lipinski definition) is 1. The second kappa shape index (κ2) is 6.41. The number of para-hydroxylation sites is 1. The fourth-order valence-electron chi connectivity index (χ4n) is 1.79. The fourth-order valence-corrected chi connectivity index (χ4v) is 1.95. The number of rotatable bonds is 5. The van der Waals surface area contributed by atoms with Crippen LogP contribution in [0.5, 0.6) is 5.75 Å². The number of benzene rings is 1. The van der Waals surface area contributed by atoms with Gasteiger partial charge in [-0.2, -0.15) is 0 Å². The smallest absolute Gasteiger partial charge is 0.328 e. The number of Topliss-reactive ketones (excluding diaryl/α,β-unsaturated/α-hetero) is 1. The molecule has 2 aromatic rings. The second-order valence-corrected chi connectivity index (χ2v) is 4.74. The molecule has 7 heteroatoms. The average Bonchev–Trinajstić information content (AvgIpc) is 2.44. The Balaban J connectivity index is 2.09. The van der Waals surface area contributed by atoms with Gasteiger partial charge < -0.3 is 4.74 Å². The molecule has 0 radical (unpaired) electrons. The minimum absolute atomic E-state index is 0.0706. The van der Waals surface area contributed by atoms with Crippen LogP contribution in [0.1, 0.15) is 17.3 Å². The Labute approximate surface area is 124 Å². The summed E-state index contributed by atoms with van der Waals surface area (Å²) in [7, 11) is 0. The summed E-state index contributed by atoms with van der Waals surface area (Å²) in [5, 5.41) is -0.0706. The number of H-pyrrole nitrogens is 1. The SMILES string of the molecule is CC(=O)c1ccccc1OCCn1cc(Cl)c(=O)[nH]c1=O. The largest absolute Gasteiger partial charge is 0.491 e. The standard InChI is InChI=1S/C14H13ClN2O4/c1-9(18)10-4-2-3-5-12(10)21-7-6-17-8-11(15)13(19)16-14(17)20/h2-5,8H,6-7H2,1H3,(H,16,19,20). The highest BCUT2D eigenvalue weighted by molar-refractivity contribution is 6.30. The molecule has 0 aliphatic carbocycles. The first-order chi connectivity index (χ1) is 9.99. The molecule has 0 amide bonds. The summed E-state index contributed by atoms with van der Waals surface area (Å²) in [5.74, 6) is 0.350. The molecule has 0 aliphatic rings. The van der Waals surface area contributed by atoms with Gasteiger partial charge in [-0.15, -0.1) is 0 Å². The van der Waals surface area contributed by atoms with E-state index in [0.29, 0.717) is 11.3 Å². The first-order valence-electron chi connectivity index (χ1n) is 6.21. The van der Waals surface area contributed by atoms with Gasteiger partial charge in [0.05, 0.1) is 12.1 Å². The highest BCUT2D eigenvalue weighted by Gasteiger charge is 2.08. The van der Waals surface area contributed by atoms with Crippen molar-refractivity contribution in [2.45, 2.75) is 13.5 Å². The van der Waals surface area contributed by atoms with E-state index >= 15 is 0 Å². The van der Waals surface area contributed by atoms with Crippen molar-refractivity contribution in [2.75, 3.05) is 6.61 Å². The first-order valence-corrected chi connectivity index (χ1v) is 6.59. The van der Waals surface area contributed by atoms with Gasteiger partial charge in [0.2, 0.25) is 0 Å². The predicted molar refractivity (Wildman–Crippen MR) is 78.3 cm³/mol. The maximum atomic E-state index is 11.5. The highest BCUT2D eigenvalue weighted by Crippen LogP contribution is 2.18. The molecular formula is C14H13ClN2O4. The summed E-state index contributed by atoms with van der Waals surface area (Å²) >= 11 is 5.66. The van der Waals surface area contributed by atoms with Gasteiger partial charge in [-0.1, -0.05) is 23.7 Å². The Bertz CT molecular complexity index is 779. The van der Waals surface area contributed by atoms with Gasteiger partial charge in [0.1, 0.15) is 17.4 Å². The van der Waals surface area contributed by atoms with Crippen LogP contribution in [-0.2, 0) is 6.54 Å². The summed E-state index contributed by atoms with van der Waals surface area (Å²) in [5.41, 5.74) is -0.710. The number of nitrogens with one attached hydrogen (secondary N) is 1. The Kier molecular flexibility index (Phi) is 4.59. The molecule has 1 aromatic carbocycles. The zero-order valence-corrected chi connectivity index (χ0v) is 12.0. The molecule has 0 aliphatic heterocycles. The Morgan fingerprint density at radius 3 is 2.76 bits per heavy atom. The molecule has 0 atom stereocenters. The number of aromatic amines is 1. The topological polar surface area (TPSA) is 81.2 Å². The molecule has 0 spiro atoms. The number of carbonyl (C=O) groups excluding carboxylic acids is 1. The quantitative estimate of drug-likeness (QED) is 0.848. The number of carbonyl (C=O) groups is 1. The minimum atomic E-state index is -0.624. The van der Waals surface area contributed by atoms with E-state index in [1.54, 1.807) is 24.3 Å². The molecule has 1 N–H and O–H groups in total. The lowest BCUT2D eigenvalue weighted by Crippen LogP contribution is -2.31. The molecule has 0 fully saturated rings.